The van der Waals surface area contributed by atoms with Gasteiger partial charge in [0.1, 0.15) is 12.6 Å². The van der Waals surface area contributed by atoms with Gasteiger partial charge in [-0.15, -0.1) is 11.3 Å². The van der Waals surface area contributed by atoms with Crippen LogP contribution in [0.5, 0.6) is 0 Å². The first-order chi connectivity index (χ1) is 18.6. The van der Waals surface area contributed by atoms with Crippen LogP contribution in [0.4, 0.5) is 24.5 Å². The van der Waals surface area contributed by atoms with Crippen molar-refractivity contribution >= 4 is 52.0 Å². The molecule has 0 unspecified atom stereocenters. The first-order valence-electron chi connectivity index (χ1n) is 12.7. The van der Waals surface area contributed by atoms with Gasteiger partial charge in [-0.1, -0.05) is 24.9 Å². The summed E-state index contributed by atoms with van der Waals surface area (Å²) in [4.78, 5) is 41.7. The van der Waals surface area contributed by atoms with Crippen LogP contribution in [0.25, 0.3) is 0 Å². The van der Waals surface area contributed by atoms with Crippen molar-refractivity contribution in [3.63, 3.8) is 0 Å². The summed E-state index contributed by atoms with van der Waals surface area (Å²) < 4.78 is 47.5. The predicted octanol–water partition coefficient (Wildman–Crippen LogP) is 4.64. The Labute approximate surface area is 233 Å². The molecule has 8 nitrogen and oxygen atoms in total. The van der Waals surface area contributed by atoms with Gasteiger partial charge in [-0.05, 0) is 55.6 Å². The third-order valence-electron chi connectivity index (χ3n) is 6.97. The van der Waals surface area contributed by atoms with Crippen LogP contribution in [0.3, 0.4) is 0 Å². The number of alkyl halides is 3. The smallest absolute Gasteiger partial charge is 0.370 e. The summed E-state index contributed by atoms with van der Waals surface area (Å²) in [6.07, 6.45) is -1.56. The molecule has 1 aliphatic carbocycles. The highest BCUT2D eigenvalue weighted by molar-refractivity contribution is 7.18. The second-order valence-electron chi connectivity index (χ2n) is 9.53. The van der Waals surface area contributed by atoms with Crippen molar-refractivity contribution in [2.75, 3.05) is 49.6 Å². The summed E-state index contributed by atoms with van der Waals surface area (Å²) in [5.74, 6) is -1.07. The fourth-order valence-electron chi connectivity index (χ4n) is 4.66. The zero-order chi connectivity index (χ0) is 28.2. The molecule has 212 valence electrons. The highest BCUT2D eigenvalue weighted by Crippen LogP contribution is 2.39. The van der Waals surface area contributed by atoms with Gasteiger partial charge < -0.3 is 20.3 Å². The molecule has 1 aromatic heterocycles. The Morgan fingerprint density at radius 2 is 2.03 bits per heavy atom. The van der Waals surface area contributed by atoms with Crippen LogP contribution in [0, 0.1) is 5.92 Å². The minimum Gasteiger partial charge on any atom is -0.370 e. The van der Waals surface area contributed by atoms with Crippen molar-refractivity contribution < 1.29 is 32.3 Å². The predicted molar refractivity (Wildman–Crippen MR) is 143 cm³/mol. The number of thiophene rings is 1. The zero-order valence-corrected chi connectivity index (χ0v) is 22.9. The molecule has 0 radical (unpaired) electrons. The molecule has 2 N–H and O–H groups in total. The molecular formula is C26H30ClF3N4O4S. The number of carbonyl (C=O) groups excluding carboxylic acids is 3. The lowest BCUT2D eigenvalue weighted by molar-refractivity contribution is -0.137. The summed E-state index contributed by atoms with van der Waals surface area (Å²) >= 11 is 7.04. The Bertz CT molecular complexity index is 1200. The van der Waals surface area contributed by atoms with Crippen LogP contribution in [0.15, 0.2) is 30.3 Å². The zero-order valence-electron chi connectivity index (χ0n) is 21.4. The maximum atomic E-state index is 14.0. The molecular weight excluding hydrogens is 557 g/mol. The summed E-state index contributed by atoms with van der Waals surface area (Å²) in [5, 5.41) is 5.38. The largest absolute Gasteiger partial charge is 0.418 e. The van der Waals surface area contributed by atoms with Crippen molar-refractivity contribution in [2.45, 2.75) is 38.4 Å². The number of hydrogen-bond acceptors (Lipinski definition) is 6. The summed E-state index contributed by atoms with van der Waals surface area (Å²) in [6.45, 7) is 2.85. The Morgan fingerprint density at radius 3 is 2.62 bits per heavy atom. The number of benzene rings is 1. The van der Waals surface area contributed by atoms with E-state index in [4.69, 9.17) is 16.3 Å². The number of morpholine rings is 1. The minimum absolute atomic E-state index is 0.00251. The number of carbonyl (C=O) groups is 3. The van der Waals surface area contributed by atoms with Gasteiger partial charge in [0.05, 0.1) is 27.1 Å². The third kappa shape index (κ3) is 7.30. The molecule has 4 rings (SSSR count). The van der Waals surface area contributed by atoms with E-state index in [1.807, 2.05) is 11.8 Å². The Hall–Kier alpha value is -2.67. The van der Waals surface area contributed by atoms with E-state index in [0.29, 0.717) is 28.2 Å². The molecule has 1 saturated carbocycles. The topological polar surface area (TPSA) is 91.0 Å². The molecule has 2 aromatic rings. The van der Waals surface area contributed by atoms with E-state index < -0.39 is 29.6 Å². The minimum atomic E-state index is -4.76. The first kappa shape index (κ1) is 29.3. The van der Waals surface area contributed by atoms with Crippen molar-refractivity contribution in [3.05, 3.63) is 45.1 Å². The van der Waals surface area contributed by atoms with Gasteiger partial charge in [0.2, 0.25) is 5.91 Å². The molecule has 3 amide bonds. The summed E-state index contributed by atoms with van der Waals surface area (Å²) in [6, 6.07) is 5.74. The molecule has 0 spiro atoms. The van der Waals surface area contributed by atoms with Crippen LogP contribution in [-0.2, 0) is 20.5 Å². The number of amides is 3. The number of hydrogen-bond donors (Lipinski definition) is 2. The average molecular weight is 587 g/mol. The summed E-state index contributed by atoms with van der Waals surface area (Å²) in [5.41, 5.74) is -1.37. The maximum Gasteiger partial charge on any atom is 0.418 e. The lowest BCUT2D eigenvalue weighted by Gasteiger charge is -2.36. The van der Waals surface area contributed by atoms with E-state index in [1.54, 1.807) is 12.1 Å². The lowest BCUT2D eigenvalue weighted by atomic mass is 9.85. The van der Waals surface area contributed by atoms with Gasteiger partial charge >= 0.3 is 6.18 Å². The van der Waals surface area contributed by atoms with Crippen LogP contribution in [-0.4, -0.2) is 68.1 Å². The van der Waals surface area contributed by atoms with E-state index in [2.05, 4.69) is 10.6 Å². The quantitative estimate of drug-likeness (QED) is 0.423. The van der Waals surface area contributed by atoms with Crippen LogP contribution < -0.4 is 15.5 Å². The fraction of sp³-hybridized carbons (Fsp3) is 0.500. The Morgan fingerprint density at radius 1 is 1.26 bits per heavy atom. The number of nitrogens with one attached hydrogen (secondary N) is 2. The molecule has 1 saturated heterocycles. The second kappa shape index (κ2) is 12.7. The number of ether oxygens (including phenoxy) is 1. The molecule has 2 aliphatic rings. The molecule has 1 aromatic carbocycles. The van der Waals surface area contributed by atoms with Gasteiger partial charge in [-0.3, -0.25) is 19.3 Å². The summed E-state index contributed by atoms with van der Waals surface area (Å²) in [7, 11) is 0. The normalized spacial score (nSPS) is 17.2. The van der Waals surface area contributed by atoms with Gasteiger partial charge in [0, 0.05) is 25.3 Å². The SMILES string of the molecule is CCN(CC1CCC1)[C@H](CNC(=O)c1ccc(Cl)s1)C(=O)Nc1ccc(N2CCOCC2=O)c(C(F)(F)F)c1. The van der Waals surface area contributed by atoms with E-state index in [-0.39, 0.29) is 43.6 Å². The molecule has 2 heterocycles. The second-order valence-corrected chi connectivity index (χ2v) is 11.2. The average Bonchev–Trinajstić information content (AvgIpc) is 3.31. The first-order valence-corrected chi connectivity index (χ1v) is 13.9. The highest BCUT2D eigenvalue weighted by Gasteiger charge is 2.37. The molecule has 1 aliphatic heterocycles. The van der Waals surface area contributed by atoms with E-state index >= 15 is 0 Å². The monoisotopic (exact) mass is 586 g/mol. The van der Waals surface area contributed by atoms with E-state index in [1.165, 1.54) is 12.1 Å². The van der Waals surface area contributed by atoms with Gasteiger partial charge in [-0.2, -0.15) is 13.2 Å². The van der Waals surface area contributed by atoms with Crippen molar-refractivity contribution in [1.82, 2.24) is 10.2 Å². The van der Waals surface area contributed by atoms with Crippen molar-refractivity contribution in [3.8, 4) is 0 Å². The number of likely N-dealkylation sites (N-methyl/N-ethyl adjacent to an activating group) is 1. The van der Waals surface area contributed by atoms with Crippen molar-refractivity contribution in [1.29, 1.82) is 0 Å². The highest BCUT2D eigenvalue weighted by atomic mass is 35.5. The molecule has 1 atom stereocenters. The molecule has 0 bridgehead atoms. The van der Waals surface area contributed by atoms with Gasteiger partial charge in [0.25, 0.3) is 11.8 Å². The standard InChI is InChI=1S/C26H30ClF3N4O4S/c1-2-33(14-16-4-3-5-16)20(13-31-25(37)21-8-9-22(27)39-21)24(36)32-17-6-7-19(18(12-17)26(28,29)30)34-10-11-38-15-23(34)35/h6-9,12,16,20H,2-5,10-11,13-15H2,1H3,(H,31,37)(H,32,36)/t20-/m1/s1. The van der Waals surface area contributed by atoms with Crippen LogP contribution >= 0.6 is 22.9 Å². The Balaban J connectivity index is 1.55. The molecule has 2 fully saturated rings. The van der Waals surface area contributed by atoms with Crippen molar-refractivity contribution in [2.24, 2.45) is 5.92 Å². The van der Waals surface area contributed by atoms with E-state index in [9.17, 15) is 27.6 Å². The van der Waals surface area contributed by atoms with Crippen LogP contribution in [0.2, 0.25) is 4.34 Å². The van der Waals surface area contributed by atoms with E-state index in [0.717, 1.165) is 41.6 Å². The number of halogens is 4. The number of anilines is 2. The molecule has 39 heavy (non-hydrogen) atoms. The Kier molecular flexibility index (Phi) is 9.52. The van der Waals surface area contributed by atoms with Crippen LogP contribution in [0.1, 0.15) is 41.4 Å². The lowest BCUT2D eigenvalue weighted by Crippen LogP contribution is -2.52. The molecule has 13 heteroatoms. The number of nitrogens with zero attached hydrogens (tertiary/aromatic N) is 2. The maximum absolute atomic E-state index is 14.0. The van der Waals surface area contributed by atoms with Gasteiger partial charge in [-0.25, -0.2) is 0 Å². The third-order valence-corrected chi connectivity index (χ3v) is 8.20. The fourth-order valence-corrected chi connectivity index (χ4v) is 5.62. The number of rotatable bonds is 10. The van der Waals surface area contributed by atoms with Gasteiger partial charge in [0.15, 0.2) is 0 Å².